The number of fused-ring (bicyclic) bond motifs is 1. The Balaban J connectivity index is 1.10. The Morgan fingerprint density at radius 1 is 0.892 bits per heavy atom. The molecule has 0 spiro atoms. The van der Waals surface area contributed by atoms with E-state index in [1.165, 1.54) is 22.1 Å². The zero-order valence-corrected chi connectivity index (χ0v) is 21.7. The number of hydrogen-bond acceptors (Lipinski definition) is 4. The van der Waals surface area contributed by atoms with Gasteiger partial charge in [0.05, 0.1) is 12.6 Å². The molecule has 0 bridgehead atoms. The molecule has 0 unspecified atom stereocenters. The normalized spacial score (nSPS) is 23.9. The van der Waals surface area contributed by atoms with Crippen molar-refractivity contribution in [2.45, 2.75) is 31.2 Å². The second-order valence-corrected chi connectivity index (χ2v) is 11.4. The fourth-order valence-electron chi connectivity index (χ4n) is 6.04. The summed E-state index contributed by atoms with van der Waals surface area (Å²) in [5.74, 6) is 0.465. The number of hydrogen-bond donors (Lipinski definition) is 0. The van der Waals surface area contributed by atoms with Crippen LogP contribution < -0.4 is 0 Å². The van der Waals surface area contributed by atoms with Crippen LogP contribution in [0.3, 0.4) is 0 Å². The summed E-state index contributed by atoms with van der Waals surface area (Å²) in [5.41, 5.74) is 3.31. The smallest absolute Gasteiger partial charge is 0.236 e. The summed E-state index contributed by atoms with van der Waals surface area (Å²) >= 11 is 1.74. The Morgan fingerprint density at radius 3 is 2.51 bits per heavy atom. The standard InChI is InChI=1S/C30H32FN3O2S/c31-23-9-4-8-22(18-23)29-24-11-17-37-27(24)10-14-34(29)20-28(35)32-12-5-13-33(16-15-32)30(36)26-19-25(26)21-6-2-1-3-7-21/h1-4,6-9,11,17-18,25-26,29H,5,10,12-16,19-20H2/t25-,26-,29+/m0/s1. The van der Waals surface area contributed by atoms with Crippen LogP contribution in [-0.4, -0.2) is 65.8 Å². The number of halogens is 1. The predicted octanol–water partition coefficient (Wildman–Crippen LogP) is 4.70. The molecule has 0 N–H and O–H groups in total. The van der Waals surface area contributed by atoms with Gasteiger partial charge >= 0.3 is 0 Å². The molecule has 0 radical (unpaired) electrons. The molecule has 3 aliphatic rings. The van der Waals surface area contributed by atoms with Gasteiger partial charge < -0.3 is 9.80 Å². The van der Waals surface area contributed by atoms with E-state index in [-0.39, 0.29) is 29.6 Å². The molecule has 2 amide bonds. The van der Waals surface area contributed by atoms with Crippen molar-refractivity contribution in [3.05, 3.63) is 93.4 Å². The molecule has 3 heterocycles. The number of carbonyl (C=O) groups excluding carboxylic acids is 2. The summed E-state index contributed by atoms with van der Waals surface area (Å²) in [6.07, 6.45) is 2.61. The Hall–Kier alpha value is -3.03. The van der Waals surface area contributed by atoms with E-state index in [1.54, 1.807) is 23.5 Å². The van der Waals surface area contributed by atoms with Gasteiger partial charge in [0.2, 0.25) is 11.8 Å². The maximum Gasteiger partial charge on any atom is 0.236 e. The molecule has 192 valence electrons. The van der Waals surface area contributed by atoms with Gasteiger partial charge in [-0.25, -0.2) is 4.39 Å². The van der Waals surface area contributed by atoms with Crippen molar-refractivity contribution in [3.8, 4) is 0 Å². The molecule has 6 rings (SSSR count). The minimum absolute atomic E-state index is 0.0739. The van der Waals surface area contributed by atoms with E-state index in [9.17, 15) is 14.0 Å². The van der Waals surface area contributed by atoms with Crippen LogP contribution in [0.15, 0.2) is 66.0 Å². The van der Waals surface area contributed by atoms with E-state index in [4.69, 9.17) is 0 Å². The second-order valence-electron chi connectivity index (χ2n) is 10.4. The Bertz CT molecular complexity index is 1280. The van der Waals surface area contributed by atoms with Gasteiger partial charge in [-0.15, -0.1) is 11.3 Å². The van der Waals surface area contributed by atoms with Crippen molar-refractivity contribution in [1.82, 2.24) is 14.7 Å². The lowest BCUT2D eigenvalue weighted by molar-refractivity contribution is -0.135. The molecule has 1 aromatic heterocycles. The van der Waals surface area contributed by atoms with Crippen LogP contribution in [0.2, 0.25) is 0 Å². The molecule has 1 aliphatic carbocycles. The van der Waals surface area contributed by atoms with E-state index in [0.29, 0.717) is 38.6 Å². The number of amides is 2. The molecular formula is C30H32FN3O2S. The fourth-order valence-corrected chi connectivity index (χ4v) is 6.94. The van der Waals surface area contributed by atoms with Gasteiger partial charge in [-0.05, 0) is 65.4 Å². The summed E-state index contributed by atoms with van der Waals surface area (Å²) < 4.78 is 14.1. The van der Waals surface area contributed by atoms with Crippen LogP contribution in [-0.2, 0) is 16.0 Å². The van der Waals surface area contributed by atoms with Gasteiger partial charge in [0.15, 0.2) is 0 Å². The number of rotatable bonds is 5. The van der Waals surface area contributed by atoms with Gasteiger partial charge in [-0.1, -0.05) is 42.5 Å². The minimum atomic E-state index is -0.256. The van der Waals surface area contributed by atoms with Gasteiger partial charge in [-0.3, -0.25) is 14.5 Å². The average Bonchev–Trinajstić information content (AvgIpc) is 3.64. The van der Waals surface area contributed by atoms with E-state index in [1.807, 2.05) is 34.1 Å². The van der Waals surface area contributed by atoms with Gasteiger partial charge in [0, 0.05) is 43.5 Å². The van der Waals surface area contributed by atoms with Crippen LogP contribution in [0.1, 0.15) is 46.4 Å². The maximum absolute atomic E-state index is 14.1. The third kappa shape index (κ3) is 5.07. The molecule has 1 saturated carbocycles. The zero-order valence-electron chi connectivity index (χ0n) is 20.9. The first-order valence-electron chi connectivity index (χ1n) is 13.3. The third-order valence-electron chi connectivity index (χ3n) is 8.06. The lowest BCUT2D eigenvalue weighted by Crippen LogP contribution is -2.45. The van der Waals surface area contributed by atoms with Gasteiger partial charge in [0.1, 0.15) is 5.82 Å². The molecule has 3 aromatic rings. The third-order valence-corrected chi connectivity index (χ3v) is 9.06. The molecule has 3 atom stereocenters. The molecule has 1 saturated heterocycles. The van der Waals surface area contributed by atoms with Gasteiger partial charge in [0.25, 0.3) is 0 Å². The molecule has 2 fully saturated rings. The van der Waals surface area contributed by atoms with E-state index < -0.39 is 0 Å². The van der Waals surface area contributed by atoms with Gasteiger partial charge in [-0.2, -0.15) is 0 Å². The second kappa shape index (κ2) is 10.4. The molecular weight excluding hydrogens is 485 g/mol. The predicted molar refractivity (Wildman–Crippen MR) is 143 cm³/mol. The molecule has 2 aliphatic heterocycles. The van der Waals surface area contributed by atoms with E-state index in [2.05, 4.69) is 28.5 Å². The van der Waals surface area contributed by atoms with Crippen LogP contribution in [0.4, 0.5) is 4.39 Å². The highest BCUT2D eigenvalue weighted by molar-refractivity contribution is 7.10. The average molecular weight is 518 g/mol. The maximum atomic E-state index is 14.1. The fraction of sp³-hybridized carbons (Fsp3) is 0.400. The first kappa shape index (κ1) is 24.3. The summed E-state index contributed by atoms with van der Waals surface area (Å²) in [4.78, 5) is 34.1. The minimum Gasteiger partial charge on any atom is -0.341 e. The summed E-state index contributed by atoms with van der Waals surface area (Å²) in [5, 5.41) is 2.09. The Labute approximate surface area is 221 Å². The Morgan fingerprint density at radius 2 is 1.68 bits per heavy atom. The van der Waals surface area contributed by atoms with Crippen LogP contribution >= 0.6 is 11.3 Å². The first-order valence-corrected chi connectivity index (χ1v) is 14.1. The summed E-state index contributed by atoms with van der Waals surface area (Å²) in [6.45, 7) is 3.58. The number of thiophene rings is 1. The summed E-state index contributed by atoms with van der Waals surface area (Å²) in [7, 11) is 0. The summed E-state index contributed by atoms with van der Waals surface area (Å²) in [6, 6.07) is 19.0. The van der Waals surface area contributed by atoms with E-state index in [0.717, 1.165) is 31.4 Å². The molecule has 5 nitrogen and oxygen atoms in total. The number of benzene rings is 2. The topological polar surface area (TPSA) is 43.9 Å². The van der Waals surface area contributed by atoms with Crippen molar-refractivity contribution >= 4 is 23.2 Å². The highest BCUT2D eigenvalue weighted by Gasteiger charge is 2.45. The lowest BCUT2D eigenvalue weighted by atomic mass is 9.93. The highest BCUT2D eigenvalue weighted by Crippen LogP contribution is 2.48. The molecule has 37 heavy (non-hydrogen) atoms. The number of carbonyl (C=O) groups is 2. The monoisotopic (exact) mass is 517 g/mol. The first-order chi connectivity index (χ1) is 18.1. The van der Waals surface area contributed by atoms with Crippen molar-refractivity contribution in [2.75, 3.05) is 39.3 Å². The highest BCUT2D eigenvalue weighted by atomic mass is 32.1. The van der Waals surface area contributed by atoms with E-state index >= 15 is 0 Å². The van der Waals surface area contributed by atoms with Crippen LogP contribution in [0.25, 0.3) is 0 Å². The molecule has 7 heteroatoms. The van der Waals surface area contributed by atoms with Crippen molar-refractivity contribution in [3.63, 3.8) is 0 Å². The largest absolute Gasteiger partial charge is 0.341 e. The zero-order chi connectivity index (χ0) is 25.4. The van der Waals surface area contributed by atoms with Crippen molar-refractivity contribution in [1.29, 1.82) is 0 Å². The van der Waals surface area contributed by atoms with Crippen LogP contribution in [0.5, 0.6) is 0 Å². The molecule has 2 aromatic carbocycles. The van der Waals surface area contributed by atoms with Crippen LogP contribution in [0, 0.1) is 11.7 Å². The quantitative estimate of drug-likeness (QED) is 0.493. The van der Waals surface area contributed by atoms with Crippen molar-refractivity contribution in [2.24, 2.45) is 5.92 Å². The Kier molecular flexibility index (Phi) is 6.82. The lowest BCUT2D eigenvalue weighted by Gasteiger charge is -2.37. The SMILES string of the molecule is O=C(CN1CCc2sccc2[C@H]1c1cccc(F)c1)N1CCCN(C(=O)[C@H]2C[C@H]2c2ccccc2)CC1. The number of nitrogens with zero attached hydrogens (tertiary/aromatic N) is 3. The van der Waals surface area contributed by atoms with Crippen molar-refractivity contribution < 1.29 is 14.0 Å².